The summed E-state index contributed by atoms with van der Waals surface area (Å²) in [7, 11) is 0. The normalized spacial score (nSPS) is 35.3. The van der Waals surface area contributed by atoms with Gasteiger partial charge in [0.15, 0.2) is 0 Å². The van der Waals surface area contributed by atoms with Crippen LogP contribution in [0.25, 0.3) is 0 Å². The van der Waals surface area contributed by atoms with E-state index in [0.717, 1.165) is 13.0 Å². The number of halogens is 1. The largest absolute Gasteiger partial charge is 0.330 e. The van der Waals surface area contributed by atoms with Gasteiger partial charge < -0.3 is 5.73 Å². The van der Waals surface area contributed by atoms with E-state index in [1.54, 1.807) is 0 Å². The van der Waals surface area contributed by atoms with E-state index in [4.69, 9.17) is 5.73 Å². The van der Waals surface area contributed by atoms with Gasteiger partial charge in [0.2, 0.25) is 0 Å². The van der Waals surface area contributed by atoms with Crippen molar-refractivity contribution in [2.75, 3.05) is 26.3 Å². The molecular formula is C6H12FN2. The Morgan fingerprint density at radius 3 is 2.67 bits per heavy atom. The molecule has 0 aliphatic carbocycles. The highest BCUT2D eigenvalue weighted by atomic mass is 19.1. The maximum Gasteiger partial charge on any atom is 0.0976 e. The molecule has 0 spiro atoms. The van der Waals surface area contributed by atoms with Crippen LogP contribution in [0.3, 0.4) is 0 Å². The molecule has 2 nitrogen and oxygen atoms in total. The van der Waals surface area contributed by atoms with Crippen LogP contribution in [0.1, 0.15) is 6.42 Å². The van der Waals surface area contributed by atoms with Crippen LogP contribution in [0, 0.1) is 5.41 Å². The van der Waals surface area contributed by atoms with Crippen molar-refractivity contribution in [1.29, 1.82) is 0 Å². The van der Waals surface area contributed by atoms with Crippen LogP contribution in [0.2, 0.25) is 0 Å². The van der Waals surface area contributed by atoms with Crippen molar-refractivity contribution in [2.24, 2.45) is 11.1 Å². The molecule has 1 saturated heterocycles. The van der Waals surface area contributed by atoms with E-state index in [1.165, 1.54) is 0 Å². The second-order valence-electron chi connectivity index (χ2n) is 2.69. The number of alkyl halides is 1. The molecule has 53 valence electrons. The molecule has 1 heterocycles. The average molecular weight is 131 g/mol. The Morgan fingerprint density at radius 1 is 1.67 bits per heavy atom. The second kappa shape index (κ2) is 2.62. The number of nitrogens with zero attached hydrogens (tertiary/aromatic N) is 1. The first kappa shape index (κ1) is 6.96. The number of rotatable bonds is 2. The lowest BCUT2D eigenvalue weighted by molar-refractivity contribution is 0.239. The van der Waals surface area contributed by atoms with E-state index in [0.29, 0.717) is 13.1 Å². The van der Waals surface area contributed by atoms with Crippen LogP contribution in [-0.4, -0.2) is 26.3 Å². The second-order valence-corrected chi connectivity index (χ2v) is 2.69. The summed E-state index contributed by atoms with van der Waals surface area (Å²) >= 11 is 0. The molecule has 0 aromatic carbocycles. The van der Waals surface area contributed by atoms with Gasteiger partial charge in [0.25, 0.3) is 0 Å². The van der Waals surface area contributed by atoms with Gasteiger partial charge in [0, 0.05) is 25.0 Å². The van der Waals surface area contributed by atoms with Crippen LogP contribution in [0.4, 0.5) is 4.39 Å². The van der Waals surface area contributed by atoms with E-state index < -0.39 is 0 Å². The Bertz CT molecular complexity index is 83.1. The van der Waals surface area contributed by atoms with E-state index in [9.17, 15) is 4.39 Å². The zero-order chi connectivity index (χ0) is 6.74. The fourth-order valence-electron chi connectivity index (χ4n) is 1.04. The molecule has 1 aliphatic rings. The molecule has 0 aromatic heterocycles. The SMILES string of the molecule is NCC1(CF)CC[N]C1. The monoisotopic (exact) mass is 131 g/mol. The third-order valence-corrected chi connectivity index (χ3v) is 1.96. The quantitative estimate of drug-likeness (QED) is 0.559. The predicted octanol–water partition coefficient (Wildman–Crippen LogP) is -0.0909. The predicted molar refractivity (Wildman–Crippen MR) is 33.9 cm³/mol. The zero-order valence-electron chi connectivity index (χ0n) is 5.44. The van der Waals surface area contributed by atoms with Crippen LogP contribution in [0.15, 0.2) is 0 Å². The van der Waals surface area contributed by atoms with Crippen molar-refractivity contribution in [2.45, 2.75) is 6.42 Å². The summed E-state index contributed by atoms with van der Waals surface area (Å²) in [6, 6.07) is 0. The first-order chi connectivity index (χ1) is 4.33. The van der Waals surface area contributed by atoms with Crippen LogP contribution in [-0.2, 0) is 0 Å². The molecule has 1 fully saturated rings. The van der Waals surface area contributed by atoms with Crippen molar-refractivity contribution >= 4 is 0 Å². The molecule has 1 atom stereocenters. The minimum absolute atomic E-state index is 0.278. The number of hydrogen-bond donors (Lipinski definition) is 1. The molecule has 1 aliphatic heterocycles. The Hall–Kier alpha value is -0.150. The molecule has 1 unspecified atom stereocenters. The maximum absolute atomic E-state index is 12.2. The molecule has 0 bridgehead atoms. The highest BCUT2D eigenvalue weighted by molar-refractivity contribution is 4.87. The zero-order valence-corrected chi connectivity index (χ0v) is 5.44. The molecule has 0 saturated carbocycles. The minimum atomic E-state index is -0.312. The highest BCUT2D eigenvalue weighted by Crippen LogP contribution is 2.24. The third-order valence-electron chi connectivity index (χ3n) is 1.96. The van der Waals surface area contributed by atoms with Gasteiger partial charge in [0.05, 0.1) is 6.67 Å². The fraction of sp³-hybridized carbons (Fsp3) is 1.00. The Labute approximate surface area is 54.6 Å². The van der Waals surface area contributed by atoms with Crippen LogP contribution >= 0.6 is 0 Å². The molecule has 9 heavy (non-hydrogen) atoms. The lowest BCUT2D eigenvalue weighted by Crippen LogP contribution is -2.33. The molecule has 2 N–H and O–H groups in total. The lowest BCUT2D eigenvalue weighted by atomic mass is 9.89. The maximum atomic E-state index is 12.2. The van der Waals surface area contributed by atoms with E-state index >= 15 is 0 Å². The van der Waals surface area contributed by atoms with Crippen LogP contribution in [0.5, 0.6) is 0 Å². The van der Waals surface area contributed by atoms with Gasteiger partial charge in [-0.1, -0.05) is 0 Å². The topological polar surface area (TPSA) is 40.1 Å². The van der Waals surface area contributed by atoms with Crippen molar-refractivity contribution in [1.82, 2.24) is 5.32 Å². The van der Waals surface area contributed by atoms with Gasteiger partial charge in [-0.15, -0.1) is 0 Å². The summed E-state index contributed by atoms with van der Waals surface area (Å²) < 4.78 is 12.2. The summed E-state index contributed by atoms with van der Waals surface area (Å²) in [5.41, 5.74) is 5.10. The standard InChI is InChI=1S/C6H12FN2/c7-3-6(4-8)1-2-9-5-6/h1-5,8H2. The molecule has 0 amide bonds. The minimum Gasteiger partial charge on any atom is -0.330 e. The van der Waals surface area contributed by atoms with Gasteiger partial charge in [-0.3, -0.25) is 4.39 Å². The number of hydrogen-bond acceptors (Lipinski definition) is 1. The van der Waals surface area contributed by atoms with Crippen molar-refractivity contribution in [3.05, 3.63) is 0 Å². The fourth-order valence-corrected chi connectivity index (χ4v) is 1.04. The molecular weight excluding hydrogens is 119 g/mol. The smallest absolute Gasteiger partial charge is 0.0976 e. The Kier molecular flexibility index (Phi) is 2.03. The van der Waals surface area contributed by atoms with Crippen molar-refractivity contribution < 1.29 is 4.39 Å². The summed E-state index contributed by atoms with van der Waals surface area (Å²) in [5, 5.41) is 4.06. The van der Waals surface area contributed by atoms with E-state index in [1.807, 2.05) is 0 Å². The first-order valence-electron chi connectivity index (χ1n) is 3.22. The molecule has 1 rings (SSSR count). The molecule has 1 radical (unpaired) electrons. The number of nitrogens with two attached hydrogens (primary N) is 1. The molecule has 3 heteroatoms. The van der Waals surface area contributed by atoms with Gasteiger partial charge in [-0.25, -0.2) is 5.32 Å². The summed E-state index contributed by atoms with van der Waals surface area (Å²) in [4.78, 5) is 0. The summed E-state index contributed by atoms with van der Waals surface area (Å²) in [6.45, 7) is 1.54. The average Bonchev–Trinajstić information content (AvgIpc) is 2.36. The summed E-state index contributed by atoms with van der Waals surface area (Å²) in [5.74, 6) is 0. The van der Waals surface area contributed by atoms with Gasteiger partial charge >= 0.3 is 0 Å². The van der Waals surface area contributed by atoms with Crippen molar-refractivity contribution in [3.63, 3.8) is 0 Å². The lowest BCUT2D eigenvalue weighted by Gasteiger charge is -2.20. The van der Waals surface area contributed by atoms with Crippen molar-refractivity contribution in [3.8, 4) is 0 Å². The first-order valence-corrected chi connectivity index (χ1v) is 3.22. The third kappa shape index (κ3) is 1.22. The molecule has 0 aromatic rings. The van der Waals surface area contributed by atoms with Crippen LogP contribution < -0.4 is 11.1 Å². The van der Waals surface area contributed by atoms with E-state index in [2.05, 4.69) is 5.32 Å². The van der Waals surface area contributed by atoms with E-state index in [-0.39, 0.29) is 12.1 Å². The van der Waals surface area contributed by atoms with Gasteiger partial charge in [-0.05, 0) is 6.42 Å². The Morgan fingerprint density at radius 2 is 2.44 bits per heavy atom. The Balaban J connectivity index is 2.45. The van der Waals surface area contributed by atoms with Gasteiger partial charge in [0.1, 0.15) is 0 Å². The highest BCUT2D eigenvalue weighted by Gasteiger charge is 2.32. The summed E-state index contributed by atoms with van der Waals surface area (Å²) in [6.07, 6.45) is 0.833. The van der Waals surface area contributed by atoms with Gasteiger partial charge in [-0.2, -0.15) is 0 Å².